The van der Waals surface area contributed by atoms with Crippen LogP contribution in [0.25, 0.3) is 0 Å². The van der Waals surface area contributed by atoms with Crippen molar-refractivity contribution < 1.29 is 19.4 Å². The van der Waals surface area contributed by atoms with Crippen LogP contribution in [0.1, 0.15) is 29.6 Å². The van der Waals surface area contributed by atoms with E-state index in [1.165, 1.54) is 0 Å². The summed E-state index contributed by atoms with van der Waals surface area (Å²) in [5.41, 5.74) is -0.374. The average molecular weight is 390 g/mol. The van der Waals surface area contributed by atoms with Crippen molar-refractivity contribution in [1.82, 2.24) is 4.90 Å². The Kier molecular flexibility index (Phi) is 6.24. The SMILES string of the molecule is COc1cccc(C(=O)N2CCCC(O)(COc3cccc(Cl)c3)CC2)c1. The van der Waals surface area contributed by atoms with Crippen LogP contribution in [-0.4, -0.2) is 48.3 Å². The van der Waals surface area contributed by atoms with Crippen LogP contribution >= 0.6 is 11.6 Å². The normalized spacial score (nSPS) is 20.0. The van der Waals surface area contributed by atoms with Gasteiger partial charge in [-0.05, 0) is 55.7 Å². The zero-order valence-electron chi connectivity index (χ0n) is 15.4. The van der Waals surface area contributed by atoms with E-state index in [0.717, 1.165) is 0 Å². The number of rotatable bonds is 5. The molecule has 1 atom stereocenters. The Bertz CT molecular complexity index is 797. The third-order valence-corrected chi connectivity index (χ3v) is 5.06. The number of hydrogen-bond acceptors (Lipinski definition) is 4. The van der Waals surface area contributed by atoms with Crippen molar-refractivity contribution in [2.75, 3.05) is 26.8 Å². The maximum atomic E-state index is 12.8. The van der Waals surface area contributed by atoms with Crippen molar-refractivity contribution in [3.8, 4) is 11.5 Å². The summed E-state index contributed by atoms with van der Waals surface area (Å²) in [6.07, 6.45) is 1.75. The summed E-state index contributed by atoms with van der Waals surface area (Å²) in [6.45, 7) is 1.26. The van der Waals surface area contributed by atoms with Gasteiger partial charge in [-0.25, -0.2) is 0 Å². The Balaban J connectivity index is 1.61. The number of carbonyl (C=O) groups is 1. The molecule has 144 valence electrons. The molecular formula is C21H24ClNO4. The van der Waals surface area contributed by atoms with Gasteiger partial charge in [0.05, 0.1) is 7.11 Å². The zero-order chi connectivity index (χ0) is 19.3. The lowest BCUT2D eigenvalue weighted by atomic mass is 9.96. The van der Waals surface area contributed by atoms with Gasteiger partial charge in [-0.15, -0.1) is 0 Å². The highest BCUT2D eigenvalue weighted by Crippen LogP contribution is 2.26. The van der Waals surface area contributed by atoms with Crippen LogP contribution in [0, 0.1) is 0 Å². The van der Waals surface area contributed by atoms with E-state index < -0.39 is 5.60 Å². The minimum absolute atomic E-state index is 0.0473. The van der Waals surface area contributed by atoms with Crippen LogP contribution < -0.4 is 9.47 Å². The molecule has 2 aromatic carbocycles. The summed E-state index contributed by atoms with van der Waals surface area (Å²) in [7, 11) is 1.58. The van der Waals surface area contributed by atoms with E-state index in [1.807, 2.05) is 18.2 Å². The van der Waals surface area contributed by atoms with Crippen molar-refractivity contribution in [1.29, 1.82) is 0 Å². The average Bonchev–Trinajstić information content (AvgIpc) is 2.88. The Hall–Kier alpha value is -2.24. The van der Waals surface area contributed by atoms with Crippen molar-refractivity contribution in [2.45, 2.75) is 24.9 Å². The standard InChI is InChI=1S/C21H24ClNO4/c1-26-18-7-2-5-16(13-18)20(24)23-11-4-9-21(25,10-12-23)15-27-19-8-3-6-17(22)14-19/h2-3,5-8,13-14,25H,4,9-12,15H2,1H3. The molecule has 27 heavy (non-hydrogen) atoms. The lowest BCUT2D eigenvalue weighted by Gasteiger charge is -2.27. The molecule has 0 radical (unpaired) electrons. The number of hydrogen-bond donors (Lipinski definition) is 1. The minimum atomic E-state index is -0.967. The first-order valence-corrected chi connectivity index (χ1v) is 9.41. The van der Waals surface area contributed by atoms with E-state index in [2.05, 4.69) is 0 Å². The molecular weight excluding hydrogens is 366 g/mol. The maximum absolute atomic E-state index is 12.8. The summed E-state index contributed by atoms with van der Waals surface area (Å²) < 4.78 is 10.9. The van der Waals surface area contributed by atoms with Gasteiger partial charge >= 0.3 is 0 Å². The first-order valence-electron chi connectivity index (χ1n) is 9.03. The van der Waals surface area contributed by atoms with E-state index >= 15 is 0 Å². The van der Waals surface area contributed by atoms with E-state index in [-0.39, 0.29) is 12.5 Å². The van der Waals surface area contributed by atoms with Crippen molar-refractivity contribution in [3.05, 3.63) is 59.1 Å². The highest BCUT2D eigenvalue weighted by atomic mass is 35.5. The van der Waals surface area contributed by atoms with E-state index in [1.54, 1.807) is 42.3 Å². The zero-order valence-corrected chi connectivity index (χ0v) is 16.1. The smallest absolute Gasteiger partial charge is 0.253 e. The molecule has 1 amide bonds. The highest BCUT2D eigenvalue weighted by molar-refractivity contribution is 6.30. The number of ether oxygens (including phenoxy) is 2. The van der Waals surface area contributed by atoms with Gasteiger partial charge in [0.25, 0.3) is 5.91 Å². The fourth-order valence-electron chi connectivity index (χ4n) is 3.24. The molecule has 6 heteroatoms. The lowest BCUT2D eigenvalue weighted by Crippen LogP contribution is -2.38. The number of aliphatic hydroxyl groups is 1. The van der Waals surface area contributed by atoms with Gasteiger partial charge in [0.2, 0.25) is 0 Å². The van der Waals surface area contributed by atoms with Gasteiger partial charge in [0.15, 0.2) is 0 Å². The van der Waals surface area contributed by atoms with Gasteiger partial charge in [-0.3, -0.25) is 4.79 Å². The summed E-state index contributed by atoms with van der Waals surface area (Å²) in [5, 5.41) is 11.5. The Morgan fingerprint density at radius 1 is 1.15 bits per heavy atom. The molecule has 1 saturated heterocycles. The van der Waals surface area contributed by atoms with Gasteiger partial charge < -0.3 is 19.5 Å². The fraction of sp³-hybridized carbons (Fsp3) is 0.381. The first kappa shape index (κ1) is 19.5. The summed E-state index contributed by atoms with van der Waals surface area (Å²) in [5.74, 6) is 1.24. The molecule has 0 saturated carbocycles. The number of methoxy groups -OCH3 is 1. The fourth-order valence-corrected chi connectivity index (χ4v) is 3.42. The van der Waals surface area contributed by atoms with Crippen LogP contribution in [0.2, 0.25) is 5.02 Å². The molecule has 0 spiro atoms. The highest BCUT2D eigenvalue weighted by Gasteiger charge is 2.32. The molecule has 3 rings (SSSR count). The van der Waals surface area contributed by atoms with Crippen molar-refractivity contribution >= 4 is 17.5 Å². The van der Waals surface area contributed by atoms with Crippen LogP contribution in [0.3, 0.4) is 0 Å². The monoisotopic (exact) mass is 389 g/mol. The van der Waals surface area contributed by atoms with Crippen molar-refractivity contribution in [2.24, 2.45) is 0 Å². The molecule has 1 unspecified atom stereocenters. The Morgan fingerprint density at radius 3 is 2.70 bits per heavy atom. The quantitative estimate of drug-likeness (QED) is 0.845. The molecule has 0 aromatic heterocycles. The van der Waals surface area contributed by atoms with Gasteiger partial charge in [0, 0.05) is 23.7 Å². The Labute approximate surface area is 164 Å². The molecule has 1 N–H and O–H groups in total. The summed E-state index contributed by atoms with van der Waals surface area (Å²) in [6, 6.07) is 14.3. The number of carbonyl (C=O) groups excluding carboxylic acids is 1. The third-order valence-electron chi connectivity index (χ3n) is 4.82. The number of halogens is 1. The number of likely N-dealkylation sites (tertiary alicyclic amines) is 1. The van der Waals surface area contributed by atoms with Gasteiger partial charge in [-0.1, -0.05) is 23.7 Å². The van der Waals surface area contributed by atoms with Crippen LogP contribution in [0.4, 0.5) is 0 Å². The number of nitrogens with zero attached hydrogens (tertiary/aromatic N) is 1. The number of benzene rings is 2. The minimum Gasteiger partial charge on any atom is -0.497 e. The molecule has 0 aliphatic carbocycles. The molecule has 5 nitrogen and oxygen atoms in total. The molecule has 2 aromatic rings. The van der Waals surface area contributed by atoms with Crippen molar-refractivity contribution in [3.63, 3.8) is 0 Å². The second-order valence-corrected chi connectivity index (χ2v) is 7.28. The second kappa shape index (κ2) is 8.63. The third kappa shape index (κ3) is 5.15. The van der Waals surface area contributed by atoms with Crippen LogP contribution in [-0.2, 0) is 0 Å². The molecule has 0 bridgehead atoms. The summed E-state index contributed by atoms with van der Waals surface area (Å²) in [4.78, 5) is 14.6. The topological polar surface area (TPSA) is 59.0 Å². The maximum Gasteiger partial charge on any atom is 0.253 e. The lowest BCUT2D eigenvalue weighted by molar-refractivity contribution is -0.0163. The second-order valence-electron chi connectivity index (χ2n) is 6.85. The van der Waals surface area contributed by atoms with Crippen LogP contribution in [0.15, 0.2) is 48.5 Å². The predicted molar refractivity (Wildman–Crippen MR) is 105 cm³/mol. The molecule has 1 fully saturated rings. The first-order chi connectivity index (χ1) is 13.0. The molecule has 1 aliphatic rings. The predicted octanol–water partition coefficient (Wildman–Crippen LogP) is 3.78. The number of amides is 1. The van der Waals surface area contributed by atoms with E-state index in [9.17, 15) is 9.90 Å². The van der Waals surface area contributed by atoms with E-state index in [0.29, 0.717) is 54.4 Å². The Morgan fingerprint density at radius 2 is 1.93 bits per heavy atom. The largest absolute Gasteiger partial charge is 0.497 e. The van der Waals surface area contributed by atoms with Gasteiger partial charge in [0.1, 0.15) is 23.7 Å². The van der Waals surface area contributed by atoms with Gasteiger partial charge in [-0.2, -0.15) is 0 Å². The van der Waals surface area contributed by atoms with E-state index in [4.69, 9.17) is 21.1 Å². The molecule has 1 aliphatic heterocycles. The summed E-state index contributed by atoms with van der Waals surface area (Å²) >= 11 is 5.97. The molecule has 1 heterocycles. The van der Waals surface area contributed by atoms with Crippen LogP contribution in [0.5, 0.6) is 11.5 Å².